The van der Waals surface area contributed by atoms with Crippen LogP contribution in [0.25, 0.3) is 0 Å². The van der Waals surface area contributed by atoms with Crippen LogP contribution in [0, 0.1) is 47.3 Å². The summed E-state index contributed by atoms with van der Waals surface area (Å²) >= 11 is 0. The van der Waals surface area contributed by atoms with Gasteiger partial charge in [-0.25, -0.2) is 4.79 Å². The van der Waals surface area contributed by atoms with Gasteiger partial charge in [0.15, 0.2) is 0 Å². The Balaban J connectivity index is 1.17. The predicted octanol–water partition coefficient (Wildman–Crippen LogP) is 3.76. The SMILES string of the molecule is CC=C(C)C(=O)OC1(C)CC=C2CSSC3CC(C=O)C(NC)C4CN(C(=O)CC5CNC(N)CC5C2C12CC1CC5CC(CCCO)C(=O)OC5CC1O2)C34. The second kappa shape index (κ2) is 16.3. The van der Waals surface area contributed by atoms with Crippen molar-refractivity contribution < 1.29 is 38.5 Å². The molecule has 1 amide bonds. The number of allylic oxidation sites excluding steroid dienone is 1. The van der Waals surface area contributed by atoms with Crippen LogP contribution in [-0.4, -0.2) is 114 Å². The van der Waals surface area contributed by atoms with E-state index in [9.17, 15) is 24.3 Å². The maximum Gasteiger partial charge on any atom is 0.334 e. The molecule has 8 aliphatic rings. The Kier molecular flexibility index (Phi) is 11.8. The van der Waals surface area contributed by atoms with Gasteiger partial charge in [0, 0.05) is 79.3 Å². The minimum absolute atomic E-state index is 0.0144. The molecule has 5 heterocycles. The zero-order valence-corrected chi connectivity index (χ0v) is 35.0. The summed E-state index contributed by atoms with van der Waals surface area (Å²) in [5.41, 5.74) is 6.67. The molecule has 2 saturated carbocycles. The number of hydrogen-bond donors (Lipinski definition) is 4. The molecule has 310 valence electrons. The normalized spacial score (nSPS) is 46.3. The lowest BCUT2D eigenvalue weighted by Crippen LogP contribution is -2.72. The molecule has 0 aromatic rings. The van der Waals surface area contributed by atoms with E-state index in [1.54, 1.807) is 13.0 Å². The Hall–Kier alpha value is -1.94. The van der Waals surface area contributed by atoms with E-state index in [1.165, 1.54) is 5.57 Å². The molecular weight excluding hydrogens is 753 g/mol. The third kappa shape index (κ3) is 7.02. The van der Waals surface area contributed by atoms with Crippen LogP contribution in [0.2, 0.25) is 0 Å². The summed E-state index contributed by atoms with van der Waals surface area (Å²) in [5.74, 6) is 0.488. The number of aldehydes is 1. The number of nitrogens with one attached hydrogen (secondary N) is 2. The van der Waals surface area contributed by atoms with Crippen molar-refractivity contribution in [2.75, 3.05) is 32.5 Å². The Morgan fingerprint density at radius 2 is 1.98 bits per heavy atom. The summed E-state index contributed by atoms with van der Waals surface area (Å²) in [6, 6.07) is 0.157. The van der Waals surface area contributed by atoms with Gasteiger partial charge in [-0.1, -0.05) is 39.3 Å². The lowest BCUT2D eigenvalue weighted by molar-refractivity contribution is -0.229. The van der Waals surface area contributed by atoms with E-state index < -0.39 is 11.2 Å². The average Bonchev–Trinajstić information content (AvgIpc) is 3.53. The first-order valence-electron chi connectivity index (χ1n) is 21.2. The number of piperidine rings is 1. The second-order valence-corrected chi connectivity index (χ2v) is 21.0. The standard InChI is InChI=1S/C42H62N4O8S2/c1-5-22(2)39(50)54-41(3)9-8-24-21-55-56-33-13-28(20-48)37(44-4)30-19-46(38(30)33)35(49)14-27-18-45-34(43)15-29(27)36(24)42(41)17-26-12-25-11-23(7-6-10-47)40(51)52-31(25)16-32(26)53-42/h5,8,20,23,25-34,36-38,44-45,47H,6-7,9-19,21,43H2,1-4H3. The largest absolute Gasteiger partial charge is 0.462 e. The quantitative estimate of drug-likeness (QED) is 0.0966. The number of amides is 1. The van der Waals surface area contributed by atoms with Crippen molar-refractivity contribution in [2.24, 2.45) is 53.1 Å². The van der Waals surface area contributed by atoms with Crippen LogP contribution in [0.5, 0.6) is 0 Å². The van der Waals surface area contributed by atoms with Crippen molar-refractivity contribution >= 4 is 45.7 Å². The summed E-state index contributed by atoms with van der Waals surface area (Å²) in [5, 5.41) is 16.6. The number of aliphatic hydroxyl groups excluding tert-OH is 1. The molecule has 7 fully saturated rings. The third-order valence-electron chi connectivity index (χ3n) is 15.5. The summed E-state index contributed by atoms with van der Waals surface area (Å²) in [7, 11) is 5.57. The minimum Gasteiger partial charge on any atom is -0.462 e. The Morgan fingerprint density at radius 1 is 1.16 bits per heavy atom. The monoisotopic (exact) mass is 814 g/mol. The Morgan fingerprint density at radius 3 is 2.73 bits per heavy atom. The zero-order valence-electron chi connectivity index (χ0n) is 33.4. The maximum atomic E-state index is 14.5. The van der Waals surface area contributed by atoms with E-state index in [-0.39, 0.29) is 108 Å². The van der Waals surface area contributed by atoms with Crippen LogP contribution in [0.15, 0.2) is 23.3 Å². The van der Waals surface area contributed by atoms with E-state index >= 15 is 0 Å². The van der Waals surface area contributed by atoms with Gasteiger partial charge in [-0.3, -0.25) is 9.59 Å². The first kappa shape index (κ1) is 40.8. The third-order valence-corrected chi connectivity index (χ3v) is 18.3. The average molecular weight is 815 g/mol. The van der Waals surface area contributed by atoms with Gasteiger partial charge in [0.05, 0.1) is 24.2 Å². The van der Waals surface area contributed by atoms with Gasteiger partial charge in [-0.2, -0.15) is 0 Å². The molecule has 3 aliphatic carbocycles. The molecule has 0 aromatic carbocycles. The molecule has 56 heavy (non-hydrogen) atoms. The van der Waals surface area contributed by atoms with E-state index in [2.05, 4.69) is 28.5 Å². The Bertz CT molecular complexity index is 1610. The fraction of sp³-hybridized carbons (Fsp3) is 0.810. The van der Waals surface area contributed by atoms with Gasteiger partial charge in [-0.05, 0) is 96.4 Å². The van der Waals surface area contributed by atoms with Gasteiger partial charge < -0.3 is 45.4 Å². The van der Waals surface area contributed by atoms with Crippen LogP contribution in [-0.2, 0) is 33.4 Å². The highest BCUT2D eigenvalue weighted by atomic mass is 33.1. The highest BCUT2D eigenvalue weighted by Gasteiger charge is 2.68. The molecule has 0 bridgehead atoms. The van der Waals surface area contributed by atoms with Crippen molar-refractivity contribution in [3.63, 3.8) is 0 Å². The summed E-state index contributed by atoms with van der Waals surface area (Å²) in [6.45, 7) is 7.00. The molecule has 0 radical (unpaired) electrons. The van der Waals surface area contributed by atoms with E-state index in [0.29, 0.717) is 63.6 Å². The molecular formula is C42H62N4O8S2. The summed E-state index contributed by atoms with van der Waals surface area (Å²) in [4.78, 5) is 55.9. The van der Waals surface area contributed by atoms with Crippen molar-refractivity contribution in [2.45, 2.75) is 132 Å². The maximum absolute atomic E-state index is 14.5. The van der Waals surface area contributed by atoms with Gasteiger partial charge in [-0.15, -0.1) is 0 Å². The number of hydrogen-bond acceptors (Lipinski definition) is 13. The molecule has 5 saturated heterocycles. The first-order chi connectivity index (χ1) is 26.9. The predicted molar refractivity (Wildman–Crippen MR) is 215 cm³/mol. The van der Waals surface area contributed by atoms with Crippen molar-refractivity contribution in [3.8, 4) is 0 Å². The van der Waals surface area contributed by atoms with Gasteiger partial charge in [0.2, 0.25) is 5.91 Å². The fourth-order valence-electron chi connectivity index (χ4n) is 12.5. The number of esters is 2. The smallest absolute Gasteiger partial charge is 0.334 e. The van der Waals surface area contributed by atoms with E-state index in [4.69, 9.17) is 19.9 Å². The molecule has 5 aliphatic heterocycles. The topological polar surface area (TPSA) is 170 Å². The van der Waals surface area contributed by atoms with E-state index in [0.717, 1.165) is 31.3 Å². The van der Waals surface area contributed by atoms with Gasteiger partial charge in [0.1, 0.15) is 23.6 Å². The number of fused-ring (bicyclic) bond motifs is 6. The molecule has 14 heteroatoms. The molecule has 5 N–H and O–H groups in total. The molecule has 16 unspecified atom stereocenters. The van der Waals surface area contributed by atoms with Gasteiger partial charge in [0.25, 0.3) is 0 Å². The molecule has 1 spiro atoms. The summed E-state index contributed by atoms with van der Waals surface area (Å²) < 4.78 is 20.4. The number of ether oxygens (including phenoxy) is 3. The lowest BCUT2D eigenvalue weighted by atomic mass is 9.56. The number of nitrogens with two attached hydrogens (primary N) is 1. The van der Waals surface area contributed by atoms with Crippen molar-refractivity contribution in [1.82, 2.24) is 15.5 Å². The van der Waals surface area contributed by atoms with Crippen LogP contribution >= 0.6 is 21.6 Å². The second-order valence-electron chi connectivity index (χ2n) is 18.4. The molecule has 16 atom stereocenters. The van der Waals surface area contributed by atoms with Crippen LogP contribution in [0.4, 0.5) is 0 Å². The van der Waals surface area contributed by atoms with E-state index in [1.807, 2.05) is 35.6 Å². The fourth-order valence-corrected chi connectivity index (χ4v) is 15.6. The zero-order chi connectivity index (χ0) is 39.5. The Labute approximate surface area is 339 Å². The molecule has 12 nitrogen and oxygen atoms in total. The molecule has 0 aromatic heterocycles. The highest BCUT2D eigenvalue weighted by Crippen LogP contribution is 2.62. The van der Waals surface area contributed by atoms with Crippen molar-refractivity contribution in [1.29, 1.82) is 0 Å². The van der Waals surface area contributed by atoms with Crippen molar-refractivity contribution in [3.05, 3.63) is 23.3 Å². The molecule has 8 rings (SSSR count). The number of aliphatic hydroxyl groups is 1. The summed E-state index contributed by atoms with van der Waals surface area (Å²) in [6.07, 6.45) is 10.9. The van der Waals surface area contributed by atoms with Crippen LogP contribution in [0.1, 0.15) is 85.0 Å². The minimum atomic E-state index is -1.01. The number of carbonyl (C=O) groups excluding carboxylic acids is 4. The number of carbonyl (C=O) groups is 4. The first-order valence-corrected chi connectivity index (χ1v) is 23.6. The number of rotatable bonds is 7. The highest BCUT2D eigenvalue weighted by molar-refractivity contribution is 8.77. The van der Waals surface area contributed by atoms with Gasteiger partial charge >= 0.3 is 11.9 Å². The number of nitrogens with zero attached hydrogens (tertiary/aromatic N) is 1. The lowest BCUT2D eigenvalue weighted by Gasteiger charge is -2.59. The van der Waals surface area contributed by atoms with Crippen LogP contribution in [0.3, 0.4) is 0 Å². The van der Waals surface area contributed by atoms with Crippen LogP contribution < -0.4 is 16.4 Å².